The molecule has 0 aliphatic rings. The quantitative estimate of drug-likeness (QED) is 0.589. The summed E-state index contributed by atoms with van der Waals surface area (Å²) >= 11 is 0. The van der Waals surface area contributed by atoms with Crippen LogP contribution in [0, 0.1) is 0 Å². The van der Waals surface area contributed by atoms with Crippen molar-refractivity contribution >= 4 is 0 Å². The van der Waals surface area contributed by atoms with Crippen LogP contribution < -0.4 is 5.73 Å². The Labute approximate surface area is 81.6 Å². The first kappa shape index (κ1) is 12.9. The van der Waals surface area contributed by atoms with E-state index < -0.39 is 0 Å². The van der Waals surface area contributed by atoms with Crippen molar-refractivity contribution in [3.8, 4) is 0 Å². The van der Waals surface area contributed by atoms with Crippen LogP contribution in [0.5, 0.6) is 0 Å². The monoisotopic (exact) mass is 189 g/mol. The summed E-state index contributed by atoms with van der Waals surface area (Å²) in [7, 11) is 0. The maximum absolute atomic E-state index is 5.62. The fraction of sp³-hybridized carbons (Fsp3) is 1.00. The average molecular weight is 189 g/mol. The van der Waals surface area contributed by atoms with Crippen molar-refractivity contribution in [2.24, 2.45) is 5.73 Å². The Bertz CT molecular complexity index is 113. The van der Waals surface area contributed by atoms with Crippen molar-refractivity contribution in [3.63, 3.8) is 0 Å². The third-order valence-corrected chi connectivity index (χ3v) is 2.21. The number of hydrogen-bond donors (Lipinski definition) is 1. The van der Waals surface area contributed by atoms with Gasteiger partial charge < -0.3 is 15.2 Å². The molecule has 0 bridgehead atoms. The molecule has 0 spiro atoms. The lowest BCUT2D eigenvalue weighted by atomic mass is 10.0. The van der Waals surface area contributed by atoms with Crippen molar-refractivity contribution in [1.82, 2.24) is 0 Å². The van der Waals surface area contributed by atoms with E-state index >= 15 is 0 Å². The molecule has 1 atom stereocenters. The summed E-state index contributed by atoms with van der Waals surface area (Å²) in [4.78, 5) is 0. The summed E-state index contributed by atoms with van der Waals surface area (Å²) in [6.45, 7) is 8.90. The lowest BCUT2D eigenvalue weighted by Gasteiger charge is -2.26. The van der Waals surface area contributed by atoms with E-state index in [0.717, 1.165) is 19.4 Å². The van der Waals surface area contributed by atoms with Gasteiger partial charge in [-0.2, -0.15) is 0 Å². The lowest BCUT2D eigenvalue weighted by molar-refractivity contribution is -0.0531. The van der Waals surface area contributed by atoms with Gasteiger partial charge in [0.25, 0.3) is 0 Å². The topological polar surface area (TPSA) is 44.5 Å². The first-order valence-corrected chi connectivity index (χ1v) is 5.10. The van der Waals surface area contributed by atoms with Crippen molar-refractivity contribution in [2.45, 2.75) is 39.2 Å². The largest absolute Gasteiger partial charge is 0.379 e. The Hall–Kier alpha value is -0.120. The highest BCUT2D eigenvalue weighted by atomic mass is 16.5. The minimum Gasteiger partial charge on any atom is -0.379 e. The molecule has 0 aromatic rings. The number of hydrogen-bond acceptors (Lipinski definition) is 3. The molecule has 0 saturated heterocycles. The molecule has 0 fully saturated rings. The van der Waals surface area contributed by atoms with Gasteiger partial charge in [0, 0.05) is 13.2 Å². The van der Waals surface area contributed by atoms with Gasteiger partial charge in [0.1, 0.15) is 0 Å². The second kappa shape index (κ2) is 7.30. The summed E-state index contributed by atoms with van der Waals surface area (Å²) < 4.78 is 10.9. The highest BCUT2D eigenvalue weighted by molar-refractivity contribution is 4.73. The van der Waals surface area contributed by atoms with Gasteiger partial charge in [-0.1, -0.05) is 13.8 Å². The Balaban J connectivity index is 3.39. The van der Waals surface area contributed by atoms with Crippen LogP contribution in [0.1, 0.15) is 33.6 Å². The number of rotatable bonds is 8. The van der Waals surface area contributed by atoms with Crippen molar-refractivity contribution in [1.29, 1.82) is 0 Å². The summed E-state index contributed by atoms with van der Waals surface area (Å²) in [5.74, 6) is 0. The molecule has 0 saturated carbocycles. The summed E-state index contributed by atoms with van der Waals surface area (Å²) in [5.41, 5.74) is 5.42. The van der Waals surface area contributed by atoms with Crippen LogP contribution in [0.15, 0.2) is 0 Å². The van der Waals surface area contributed by atoms with Gasteiger partial charge in [-0.3, -0.25) is 0 Å². The van der Waals surface area contributed by atoms with Crippen molar-refractivity contribution < 1.29 is 9.47 Å². The number of ether oxygens (including phenoxy) is 2. The zero-order valence-corrected chi connectivity index (χ0v) is 9.14. The van der Waals surface area contributed by atoms with Crippen LogP contribution in [-0.2, 0) is 9.47 Å². The highest BCUT2D eigenvalue weighted by Crippen LogP contribution is 2.12. The van der Waals surface area contributed by atoms with E-state index in [1.807, 2.05) is 6.92 Å². The lowest BCUT2D eigenvalue weighted by Crippen LogP contribution is -2.37. The zero-order chi connectivity index (χ0) is 10.2. The molecule has 0 heterocycles. The van der Waals surface area contributed by atoms with Crippen LogP contribution in [0.4, 0.5) is 0 Å². The second-order valence-electron chi connectivity index (χ2n) is 3.47. The molecule has 80 valence electrons. The summed E-state index contributed by atoms with van der Waals surface area (Å²) in [6.07, 6.45) is 2.00. The highest BCUT2D eigenvalue weighted by Gasteiger charge is 2.19. The smallest absolute Gasteiger partial charge is 0.0774 e. The molecule has 0 aliphatic carbocycles. The molecule has 0 aromatic heterocycles. The van der Waals surface area contributed by atoms with Crippen LogP contribution >= 0.6 is 0 Å². The van der Waals surface area contributed by atoms with Gasteiger partial charge >= 0.3 is 0 Å². The van der Waals surface area contributed by atoms with Crippen molar-refractivity contribution in [3.05, 3.63) is 0 Å². The Morgan fingerprint density at radius 3 is 2.31 bits per heavy atom. The van der Waals surface area contributed by atoms with Crippen LogP contribution in [0.2, 0.25) is 0 Å². The Kier molecular flexibility index (Phi) is 7.23. The molecule has 0 aliphatic heterocycles. The van der Waals surface area contributed by atoms with Gasteiger partial charge in [0.05, 0.1) is 18.8 Å². The standard InChI is InChI=1S/C10H23NO2/c1-4-6-12-7-8-13-10(3,5-2)9-11/h4-9,11H2,1-3H3. The molecule has 3 nitrogen and oxygen atoms in total. The minimum absolute atomic E-state index is 0.171. The Morgan fingerprint density at radius 1 is 1.15 bits per heavy atom. The first-order valence-electron chi connectivity index (χ1n) is 5.10. The normalized spacial score (nSPS) is 15.7. The molecule has 13 heavy (non-hydrogen) atoms. The zero-order valence-electron chi connectivity index (χ0n) is 9.14. The van der Waals surface area contributed by atoms with E-state index in [-0.39, 0.29) is 5.60 Å². The second-order valence-corrected chi connectivity index (χ2v) is 3.47. The van der Waals surface area contributed by atoms with Gasteiger partial charge in [-0.15, -0.1) is 0 Å². The molecule has 1 unspecified atom stereocenters. The average Bonchev–Trinajstić information content (AvgIpc) is 2.17. The third kappa shape index (κ3) is 6.02. The van der Waals surface area contributed by atoms with Crippen LogP contribution in [-0.4, -0.2) is 32.0 Å². The molecule has 3 heteroatoms. The van der Waals surface area contributed by atoms with Gasteiger partial charge in [-0.05, 0) is 19.8 Å². The van der Waals surface area contributed by atoms with Crippen molar-refractivity contribution in [2.75, 3.05) is 26.4 Å². The van der Waals surface area contributed by atoms with Gasteiger partial charge in [-0.25, -0.2) is 0 Å². The van der Waals surface area contributed by atoms with E-state index in [9.17, 15) is 0 Å². The van der Waals surface area contributed by atoms with Gasteiger partial charge in [0.15, 0.2) is 0 Å². The predicted molar refractivity (Wildman–Crippen MR) is 54.8 cm³/mol. The molecule has 0 aromatic carbocycles. The summed E-state index contributed by atoms with van der Waals surface area (Å²) in [5, 5.41) is 0. The maximum Gasteiger partial charge on any atom is 0.0774 e. The van der Waals surface area contributed by atoms with E-state index in [0.29, 0.717) is 19.8 Å². The van der Waals surface area contributed by atoms with Crippen LogP contribution in [0.25, 0.3) is 0 Å². The minimum atomic E-state index is -0.171. The Morgan fingerprint density at radius 2 is 1.85 bits per heavy atom. The van der Waals surface area contributed by atoms with E-state index in [1.54, 1.807) is 0 Å². The molecule has 0 radical (unpaired) electrons. The molecular weight excluding hydrogens is 166 g/mol. The fourth-order valence-electron chi connectivity index (χ4n) is 0.899. The molecule has 0 rings (SSSR count). The number of nitrogens with two attached hydrogens (primary N) is 1. The van der Waals surface area contributed by atoms with Gasteiger partial charge in [0.2, 0.25) is 0 Å². The first-order chi connectivity index (χ1) is 6.18. The third-order valence-electron chi connectivity index (χ3n) is 2.21. The predicted octanol–water partition coefficient (Wildman–Crippen LogP) is 1.56. The summed E-state index contributed by atoms with van der Waals surface area (Å²) in [6, 6.07) is 0. The fourth-order valence-corrected chi connectivity index (χ4v) is 0.899. The SMILES string of the molecule is CCCOCCOC(C)(CC)CN. The molecule has 0 amide bonds. The van der Waals surface area contributed by atoms with E-state index in [2.05, 4.69) is 13.8 Å². The molecular formula is C10H23NO2. The maximum atomic E-state index is 5.62. The van der Waals surface area contributed by atoms with E-state index in [4.69, 9.17) is 15.2 Å². The van der Waals surface area contributed by atoms with E-state index in [1.165, 1.54) is 0 Å². The van der Waals surface area contributed by atoms with Crippen LogP contribution in [0.3, 0.4) is 0 Å². The molecule has 2 N–H and O–H groups in total.